The van der Waals surface area contributed by atoms with Crippen molar-refractivity contribution in [3.05, 3.63) is 47.5 Å². The van der Waals surface area contributed by atoms with Gasteiger partial charge in [0.25, 0.3) is 0 Å². The standard InChI is InChI=1S/C30H48N2O2S4/c31-27-23-25(13-15-29(27)33)11-9-19-35-17-5-1-3-7-21-37-38-22-8-4-2-6-18-36-20-10-12-26-14-16-30(34)28(32)24-26/h13-16,23-24,33-34H,1-12,17-22,31-32H2. The number of phenols is 2. The van der Waals surface area contributed by atoms with Gasteiger partial charge in [0, 0.05) is 11.5 Å². The Labute approximate surface area is 247 Å². The van der Waals surface area contributed by atoms with Crippen LogP contribution in [0.5, 0.6) is 11.5 Å². The topological polar surface area (TPSA) is 92.5 Å². The van der Waals surface area contributed by atoms with Crippen LogP contribution in [0.3, 0.4) is 0 Å². The normalized spacial score (nSPS) is 11.3. The van der Waals surface area contributed by atoms with Gasteiger partial charge in [0.1, 0.15) is 11.5 Å². The average Bonchev–Trinajstić information content (AvgIpc) is 2.91. The lowest BCUT2D eigenvalue weighted by Gasteiger charge is -2.05. The Morgan fingerprint density at radius 1 is 0.474 bits per heavy atom. The fourth-order valence-corrected chi connectivity index (χ4v) is 8.25. The number of aromatic hydroxyl groups is 2. The van der Waals surface area contributed by atoms with Crippen LogP contribution in [-0.2, 0) is 12.8 Å². The lowest BCUT2D eigenvalue weighted by molar-refractivity contribution is 0.477. The number of phenolic OH excluding ortho intramolecular Hbond substituents is 2. The van der Waals surface area contributed by atoms with Gasteiger partial charge in [0.15, 0.2) is 0 Å². The zero-order chi connectivity index (χ0) is 27.3. The Morgan fingerprint density at radius 2 is 0.842 bits per heavy atom. The molecule has 0 fully saturated rings. The highest BCUT2D eigenvalue weighted by atomic mass is 33.1. The number of thioether (sulfide) groups is 2. The first-order valence-corrected chi connectivity index (χ1v) is 18.9. The summed E-state index contributed by atoms with van der Waals surface area (Å²) in [6.07, 6.45) is 15.2. The molecule has 0 radical (unpaired) electrons. The predicted octanol–water partition coefficient (Wildman–Crippen LogP) is 8.80. The molecule has 0 amide bonds. The van der Waals surface area contributed by atoms with E-state index >= 15 is 0 Å². The van der Waals surface area contributed by atoms with E-state index in [0.29, 0.717) is 11.4 Å². The Balaban J connectivity index is 1.23. The van der Waals surface area contributed by atoms with Crippen molar-refractivity contribution in [3.8, 4) is 11.5 Å². The number of anilines is 2. The second-order valence-corrected chi connectivity index (χ2v) is 14.8. The number of aryl methyl sites for hydroxylation is 2. The number of hydrogen-bond acceptors (Lipinski definition) is 8. The molecular weight excluding hydrogens is 549 g/mol. The molecule has 0 aromatic heterocycles. The smallest absolute Gasteiger partial charge is 0.138 e. The Bertz CT molecular complexity index is 814. The van der Waals surface area contributed by atoms with Gasteiger partial charge < -0.3 is 21.7 Å². The molecule has 0 atom stereocenters. The lowest BCUT2D eigenvalue weighted by atomic mass is 10.1. The SMILES string of the molecule is Nc1cc(CCCSCCCCCCSSCCCCCCSCCCc2ccc(O)c(N)c2)ccc1O. The summed E-state index contributed by atoms with van der Waals surface area (Å²) in [7, 11) is 4.13. The summed E-state index contributed by atoms with van der Waals surface area (Å²) in [4.78, 5) is 0. The number of unbranched alkanes of at least 4 members (excludes halogenated alkanes) is 6. The van der Waals surface area contributed by atoms with Gasteiger partial charge in [0.2, 0.25) is 0 Å². The molecule has 214 valence electrons. The lowest BCUT2D eigenvalue weighted by Crippen LogP contribution is -1.92. The number of benzene rings is 2. The van der Waals surface area contributed by atoms with Crippen molar-refractivity contribution in [1.82, 2.24) is 0 Å². The molecule has 38 heavy (non-hydrogen) atoms. The highest BCUT2D eigenvalue weighted by Gasteiger charge is 2.01. The van der Waals surface area contributed by atoms with E-state index in [-0.39, 0.29) is 11.5 Å². The van der Waals surface area contributed by atoms with Gasteiger partial charge in [-0.25, -0.2) is 0 Å². The summed E-state index contributed by atoms with van der Waals surface area (Å²) in [5.74, 6) is 7.89. The molecule has 8 heteroatoms. The van der Waals surface area contributed by atoms with E-state index in [1.807, 2.05) is 24.3 Å². The third-order valence-electron chi connectivity index (χ3n) is 6.31. The van der Waals surface area contributed by atoms with Crippen LogP contribution in [0.2, 0.25) is 0 Å². The Hall–Kier alpha value is -0.960. The molecule has 0 heterocycles. The minimum absolute atomic E-state index is 0.180. The van der Waals surface area contributed by atoms with Crippen molar-refractivity contribution >= 4 is 56.5 Å². The van der Waals surface area contributed by atoms with Crippen LogP contribution in [0.4, 0.5) is 11.4 Å². The molecular formula is C30H48N2O2S4. The fourth-order valence-electron chi connectivity index (χ4n) is 4.03. The average molecular weight is 597 g/mol. The van der Waals surface area contributed by atoms with Crippen LogP contribution >= 0.6 is 45.1 Å². The van der Waals surface area contributed by atoms with Gasteiger partial charge in [-0.3, -0.25) is 0 Å². The molecule has 0 aliphatic carbocycles. The van der Waals surface area contributed by atoms with Crippen LogP contribution in [0, 0.1) is 0 Å². The molecule has 0 aliphatic heterocycles. The molecule has 2 rings (SSSR count). The number of nitrogen functional groups attached to an aromatic ring is 2. The Morgan fingerprint density at radius 3 is 1.24 bits per heavy atom. The van der Waals surface area contributed by atoms with Crippen molar-refractivity contribution in [1.29, 1.82) is 0 Å². The molecule has 2 aromatic carbocycles. The third-order valence-corrected chi connectivity index (χ3v) is 11.2. The maximum Gasteiger partial charge on any atom is 0.138 e. The first-order valence-electron chi connectivity index (χ1n) is 14.1. The quantitative estimate of drug-likeness (QED) is 0.0438. The summed E-state index contributed by atoms with van der Waals surface area (Å²) in [5, 5.41) is 19.0. The minimum Gasteiger partial charge on any atom is -0.506 e. The second kappa shape index (κ2) is 21.8. The number of hydrogen-bond donors (Lipinski definition) is 4. The monoisotopic (exact) mass is 596 g/mol. The molecule has 2 aromatic rings. The van der Waals surface area contributed by atoms with Crippen molar-refractivity contribution in [2.24, 2.45) is 0 Å². The maximum absolute atomic E-state index is 9.48. The van der Waals surface area contributed by atoms with E-state index in [2.05, 4.69) is 45.1 Å². The highest BCUT2D eigenvalue weighted by Crippen LogP contribution is 2.25. The van der Waals surface area contributed by atoms with Gasteiger partial charge in [0.05, 0.1) is 11.4 Å². The first kappa shape index (κ1) is 33.2. The van der Waals surface area contributed by atoms with Crippen LogP contribution < -0.4 is 11.5 Å². The highest BCUT2D eigenvalue weighted by molar-refractivity contribution is 8.76. The number of nitrogens with two attached hydrogens (primary N) is 2. The number of rotatable bonds is 23. The minimum atomic E-state index is 0.180. The van der Waals surface area contributed by atoms with Gasteiger partial charge in [-0.1, -0.05) is 59.4 Å². The summed E-state index contributed by atoms with van der Waals surface area (Å²) < 4.78 is 0. The summed E-state index contributed by atoms with van der Waals surface area (Å²) in [6, 6.07) is 11.1. The molecule has 6 N–H and O–H groups in total. The van der Waals surface area contributed by atoms with E-state index in [4.69, 9.17) is 11.5 Å². The largest absolute Gasteiger partial charge is 0.506 e. The second-order valence-electron chi connectivity index (χ2n) is 9.69. The third kappa shape index (κ3) is 16.2. The van der Waals surface area contributed by atoms with Crippen LogP contribution in [0.25, 0.3) is 0 Å². The van der Waals surface area contributed by atoms with Crippen LogP contribution in [0.15, 0.2) is 36.4 Å². The molecule has 4 nitrogen and oxygen atoms in total. The van der Waals surface area contributed by atoms with Crippen molar-refractivity contribution < 1.29 is 10.2 Å². The van der Waals surface area contributed by atoms with E-state index in [1.54, 1.807) is 12.1 Å². The Kier molecular flexibility index (Phi) is 19.1. The molecule has 0 saturated carbocycles. The van der Waals surface area contributed by atoms with Gasteiger partial charge in [-0.2, -0.15) is 23.5 Å². The van der Waals surface area contributed by atoms with Crippen LogP contribution in [0.1, 0.15) is 75.3 Å². The molecule has 0 bridgehead atoms. The van der Waals surface area contributed by atoms with E-state index in [1.165, 1.54) is 110 Å². The van der Waals surface area contributed by atoms with Gasteiger partial charge >= 0.3 is 0 Å². The zero-order valence-corrected chi connectivity index (χ0v) is 26.1. The maximum atomic E-state index is 9.48. The van der Waals surface area contributed by atoms with E-state index in [0.717, 1.165) is 12.8 Å². The van der Waals surface area contributed by atoms with Crippen molar-refractivity contribution in [3.63, 3.8) is 0 Å². The molecule has 0 saturated heterocycles. The van der Waals surface area contributed by atoms with E-state index in [9.17, 15) is 10.2 Å². The molecule has 0 unspecified atom stereocenters. The van der Waals surface area contributed by atoms with Crippen molar-refractivity contribution in [2.45, 2.75) is 77.0 Å². The fraction of sp³-hybridized carbons (Fsp3) is 0.600. The zero-order valence-electron chi connectivity index (χ0n) is 22.9. The van der Waals surface area contributed by atoms with E-state index < -0.39 is 0 Å². The first-order chi connectivity index (χ1) is 18.6. The van der Waals surface area contributed by atoms with Crippen molar-refractivity contribution in [2.75, 3.05) is 46.0 Å². The molecule has 0 spiro atoms. The van der Waals surface area contributed by atoms with Crippen LogP contribution in [-0.4, -0.2) is 44.7 Å². The van der Waals surface area contributed by atoms with Gasteiger partial charge in [-0.05, 0) is 110 Å². The van der Waals surface area contributed by atoms with Gasteiger partial charge in [-0.15, -0.1) is 0 Å². The molecule has 0 aliphatic rings. The predicted molar refractivity (Wildman–Crippen MR) is 178 cm³/mol. The summed E-state index contributed by atoms with van der Waals surface area (Å²) in [6.45, 7) is 0. The summed E-state index contributed by atoms with van der Waals surface area (Å²) >= 11 is 4.13. The summed E-state index contributed by atoms with van der Waals surface area (Å²) in [5.41, 5.74) is 14.9.